The van der Waals surface area contributed by atoms with E-state index in [4.69, 9.17) is 9.47 Å². The Morgan fingerprint density at radius 2 is 1.59 bits per heavy atom. The summed E-state index contributed by atoms with van der Waals surface area (Å²) in [6.07, 6.45) is -5.76. The van der Waals surface area contributed by atoms with Crippen LogP contribution in [-0.2, 0) is 0 Å². The number of aliphatic hydroxyl groups is 4. The summed E-state index contributed by atoms with van der Waals surface area (Å²) in [5, 5.41) is 42.7. The molecule has 22 heavy (non-hydrogen) atoms. The van der Waals surface area contributed by atoms with Gasteiger partial charge in [0, 0.05) is 11.5 Å². The number of ether oxygens (including phenoxy) is 2. The third kappa shape index (κ3) is 1.69. The molecular weight excluding hydrogens is 294 g/mol. The molecule has 0 bridgehead atoms. The average Bonchev–Trinajstić information content (AvgIpc) is 2.96. The minimum absolute atomic E-state index is 0.0421. The van der Waals surface area contributed by atoms with E-state index in [1.54, 1.807) is 6.07 Å². The lowest BCUT2D eigenvalue weighted by atomic mass is 9.70. The number of aliphatic hydroxyl groups excluding tert-OH is 4. The molecule has 0 spiro atoms. The Labute approximate surface area is 124 Å². The Hall–Kier alpha value is -1.87. The largest absolute Gasteiger partial charge is 0.454 e. The van der Waals surface area contributed by atoms with Gasteiger partial charge >= 0.3 is 0 Å². The fourth-order valence-electron chi connectivity index (χ4n) is 3.47. The van der Waals surface area contributed by atoms with Crippen molar-refractivity contribution in [1.82, 2.24) is 5.32 Å². The maximum absolute atomic E-state index is 12.2. The lowest BCUT2D eigenvalue weighted by Crippen LogP contribution is -2.66. The minimum Gasteiger partial charge on any atom is -0.454 e. The van der Waals surface area contributed by atoms with E-state index in [0.29, 0.717) is 22.6 Å². The number of fused-ring (bicyclic) bond motifs is 4. The van der Waals surface area contributed by atoms with Crippen molar-refractivity contribution in [1.29, 1.82) is 0 Å². The first kappa shape index (κ1) is 13.8. The Bertz CT molecular complexity index is 648. The van der Waals surface area contributed by atoms with Gasteiger partial charge in [-0.3, -0.25) is 4.79 Å². The maximum Gasteiger partial charge on any atom is 0.252 e. The zero-order chi connectivity index (χ0) is 15.6. The molecule has 1 saturated carbocycles. The molecule has 4 rings (SSSR count). The molecule has 118 valence electrons. The summed E-state index contributed by atoms with van der Waals surface area (Å²) in [4.78, 5) is 12.2. The lowest BCUT2D eigenvalue weighted by molar-refractivity contribution is -0.155. The maximum atomic E-state index is 12.2. The fraction of sp³-hybridized carbons (Fsp3) is 0.500. The van der Waals surface area contributed by atoms with E-state index in [1.165, 1.54) is 6.07 Å². The van der Waals surface area contributed by atoms with E-state index in [2.05, 4.69) is 5.32 Å². The van der Waals surface area contributed by atoms with Crippen molar-refractivity contribution < 1.29 is 34.7 Å². The van der Waals surface area contributed by atoms with Crippen LogP contribution in [0.2, 0.25) is 0 Å². The molecule has 1 aliphatic carbocycles. The van der Waals surface area contributed by atoms with Crippen molar-refractivity contribution >= 4 is 5.91 Å². The van der Waals surface area contributed by atoms with Crippen molar-refractivity contribution in [2.75, 3.05) is 6.79 Å². The smallest absolute Gasteiger partial charge is 0.252 e. The molecule has 2 heterocycles. The molecular formula is C14H15NO7. The molecule has 0 aromatic heterocycles. The second-order valence-electron chi connectivity index (χ2n) is 5.78. The monoisotopic (exact) mass is 309 g/mol. The van der Waals surface area contributed by atoms with Gasteiger partial charge in [0.05, 0.1) is 12.1 Å². The predicted molar refractivity (Wildman–Crippen MR) is 70.6 cm³/mol. The van der Waals surface area contributed by atoms with Gasteiger partial charge in [0.25, 0.3) is 5.91 Å². The second kappa shape index (κ2) is 4.56. The van der Waals surface area contributed by atoms with Crippen LogP contribution >= 0.6 is 0 Å². The van der Waals surface area contributed by atoms with Gasteiger partial charge in [-0.25, -0.2) is 0 Å². The minimum atomic E-state index is -1.54. The first-order valence-electron chi connectivity index (χ1n) is 6.95. The van der Waals surface area contributed by atoms with E-state index >= 15 is 0 Å². The number of benzene rings is 1. The van der Waals surface area contributed by atoms with Crippen LogP contribution in [0.4, 0.5) is 0 Å². The second-order valence-corrected chi connectivity index (χ2v) is 5.78. The van der Waals surface area contributed by atoms with Crippen LogP contribution in [0, 0.1) is 0 Å². The van der Waals surface area contributed by atoms with Crippen LogP contribution in [0.1, 0.15) is 21.8 Å². The Morgan fingerprint density at radius 3 is 2.32 bits per heavy atom. The summed E-state index contributed by atoms with van der Waals surface area (Å²) in [6.45, 7) is 0.0421. The number of carbonyl (C=O) groups is 1. The Kier molecular flexibility index (Phi) is 2.85. The van der Waals surface area contributed by atoms with Gasteiger partial charge in [-0.15, -0.1) is 0 Å². The summed E-state index contributed by atoms with van der Waals surface area (Å²) >= 11 is 0. The molecule has 5 N–H and O–H groups in total. The van der Waals surface area contributed by atoms with Gasteiger partial charge in [-0.2, -0.15) is 0 Å². The van der Waals surface area contributed by atoms with E-state index in [9.17, 15) is 25.2 Å². The van der Waals surface area contributed by atoms with Crippen LogP contribution in [-0.4, -0.2) is 63.6 Å². The molecule has 0 unspecified atom stereocenters. The van der Waals surface area contributed by atoms with Gasteiger partial charge < -0.3 is 35.2 Å². The van der Waals surface area contributed by atoms with Crippen LogP contribution in [0.25, 0.3) is 0 Å². The van der Waals surface area contributed by atoms with Crippen LogP contribution in [0.5, 0.6) is 11.5 Å². The van der Waals surface area contributed by atoms with Crippen molar-refractivity contribution in [2.45, 2.75) is 36.4 Å². The highest BCUT2D eigenvalue weighted by molar-refractivity contribution is 5.98. The number of hydrogen-bond acceptors (Lipinski definition) is 7. The zero-order valence-corrected chi connectivity index (χ0v) is 11.3. The van der Waals surface area contributed by atoms with Gasteiger partial charge in [-0.1, -0.05) is 0 Å². The zero-order valence-electron chi connectivity index (χ0n) is 11.3. The van der Waals surface area contributed by atoms with Gasteiger partial charge in [0.15, 0.2) is 11.5 Å². The summed E-state index contributed by atoms with van der Waals surface area (Å²) in [5.74, 6) is -0.326. The quantitative estimate of drug-likeness (QED) is 0.377. The molecule has 2 aliphatic heterocycles. The third-order valence-electron chi connectivity index (χ3n) is 4.62. The molecule has 0 saturated heterocycles. The van der Waals surface area contributed by atoms with Gasteiger partial charge in [0.2, 0.25) is 6.79 Å². The van der Waals surface area contributed by atoms with Crippen molar-refractivity contribution in [2.24, 2.45) is 0 Å². The van der Waals surface area contributed by atoms with Gasteiger partial charge in [0.1, 0.15) is 18.3 Å². The lowest BCUT2D eigenvalue weighted by Gasteiger charge is -2.47. The van der Waals surface area contributed by atoms with E-state index in [-0.39, 0.29) is 6.79 Å². The topological polar surface area (TPSA) is 128 Å². The van der Waals surface area contributed by atoms with Crippen LogP contribution in [0.15, 0.2) is 12.1 Å². The highest BCUT2D eigenvalue weighted by Gasteiger charge is 2.52. The number of carbonyl (C=O) groups excluding carboxylic acids is 1. The van der Waals surface area contributed by atoms with Gasteiger partial charge in [-0.05, 0) is 17.7 Å². The summed E-state index contributed by atoms with van der Waals surface area (Å²) in [5.41, 5.74) is 0.746. The van der Waals surface area contributed by atoms with E-state index in [0.717, 1.165) is 0 Å². The molecule has 8 nitrogen and oxygen atoms in total. The third-order valence-corrected chi connectivity index (χ3v) is 4.62. The van der Waals surface area contributed by atoms with Crippen molar-refractivity contribution in [3.8, 4) is 11.5 Å². The first-order chi connectivity index (χ1) is 10.5. The first-order valence-corrected chi connectivity index (χ1v) is 6.95. The molecule has 3 aliphatic rings. The summed E-state index contributed by atoms with van der Waals surface area (Å²) in [6, 6.07) is 2.20. The molecule has 1 aromatic carbocycles. The molecule has 1 fully saturated rings. The summed E-state index contributed by atoms with van der Waals surface area (Å²) in [7, 11) is 0. The number of hydrogen-bond donors (Lipinski definition) is 5. The predicted octanol–water partition coefficient (Wildman–Crippen LogP) is -1.93. The highest BCUT2D eigenvalue weighted by atomic mass is 16.7. The van der Waals surface area contributed by atoms with Crippen molar-refractivity contribution in [3.05, 3.63) is 23.3 Å². The number of nitrogens with one attached hydrogen (secondary N) is 1. The number of amides is 1. The summed E-state index contributed by atoms with van der Waals surface area (Å²) < 4.78 is 10.5. The molecule has 1 amide bonds. The highest BCUT2D eigenvalue weighted by Crippen LogP contribution is 2.44. The van der Waals surface area contributed by atoms with E-state index < -0.39 is 42.3 Å². The van der Waals surface area contributed by atoms with Crippen LogP contribution < -0.4 is 14.8 Å². The SMILES string of the molecule is O=C1N[C@H]2[C@H](O)[C@H](O)[C@H](O)[C@H](O)[C@@H]2c2cc3c(cc21)OCO3. The molecule has 0 radical (unpaired) electrons. The molecule has 8 heteroatoms. The Balaban J connectivity index is 1.86. The van der Waals surface area contributed by atoms with E-state index in [1.807, 2.05) is 0 Å². The van der Waals surface area contributed by atoms with Crippen molar-refractivity contribution in [3.63, 3.8) is 0 Å². The molecule has 1 aromatic rings. The molecule has 6 atom stereocenters. The standard InChI is InChI=1S/C14H15NO7/c16-10-8-4-1-6-7(22-3-21-6)2-5(4)14(20)15-9(8)11(17)13(19)12(10)18/h1-2,8-13,16-19H,3H2,(H,15,20)/t8-,9-,10-,11+,12-,13+/m1/s1. The normalized spacial score (nSPS) is 39.0. The average molecular weight is 309 g/mol. The number of rotatable bonds is 0. The fourth-order valence-corrected chi connectivity index (χ4v) is 3.47. The Morgan fingerprint density at radius 1 is 0.955 bits per heavy atom. The van der Waals surface area contributed by atoms with Crippen LogP contribution in [0.3, 0.4) is 0 Å².